The standard InChI is InChI=1S/C17H34N2/c1-7-9-13-11-19(14(8-2)10-18-13)12-15-16(3,4)17(15,5)6/h13-15,18H,7-12H2,1-6H3. The van der Waals surface area contributed by atoms with Crippen LogP contribution in [0.4, 0.5) is 0 Å². The molecule has 1 heterocycles. The van der Waals surface area contributed by atoms with Gasteiger partial charge in [-0.25, -0.2) is 0 Å². The maximum atomic E-state index is 3.74. The first-order valence-corrected chi connectivity index (χ1v) is 8.32. The molecule has 0 aromatic carbocycles. The molecule has 1 aliphatic heterocycles. The summed E-state index contributed by atoms with van der Waals surface area (Å²) in [7, 11) is 0. The van der Waals surface area contributed by atoms with E-state index >= 15 is 0 Å². The van der Waals surface area contributed by atoms with E-state index in [0.717, 1.165) is 18.0 Å². The summed E-state index contributed by atoms with van der Waals surface area (Å²) in [5, 5.41) is 3.74. The van der Waals surface area contributed by atoms with E-state index < -0.39 is 0 Å². The highest BCUT2D eigenvalue weighted by Crippen LogP contribution is 2.68. The van der Waals surface area contributed by atoms with Crippen LogP contribution in [0.3, 0.4) is 0 Å². The SMILES string of the molecule is CCCC1CN(CC2C(C)(C)C2(C)C)C(CC)CN1. The summed E-state index contributed by atoms with van der Waals surface area (Å²) in [6.07, 6.45) is 3.90. The molecule has 0 aromatic rings. The van der Waals surface area contributed by atoms with Crippen LogP contribution in [0, 0.1) is 16.7 Å². The van der Waals surface area contributed by atoms with Gasteiger partial charge < -0.3 is 5.32 Å². The van der Waals surface area contributed by atoms with E-state index in [1.54, 1.807) is 0 Å². The van der Waals surface area contributed by atoms with Gasteiger partial charge in [0.05, 0.1) is 0 Å². The Labute approximate surface area is 120 Å². The van der Waals surface area contributed by atoms with E-state index in [0.29, 0.717) is 10.8 Å². The Kier molecular flexibility index (Phi) is 4.32. The first-order valence-electron chi connectivity index (χ1n) is 8.32. The van der Waals surface area contributed by atoms with Gasteiger partial charge in [0.2, 0.25) is 0 Å². The van der Waals surface area contributed by atoms with Crippen LogP contribution in [0.25, 0.3) is 0 Å². The van der Waals surface area contributed by atoms with Crippen molar-refractivity contribution >= 4 is 0 Å². The number of rotatable bonds is 5. The minimum atomic E-state index is 0.524. The lowest BCUT2D eigenvalue weighted by Crippen LogP contribution is -2.56. The van der Waals surface area contributed by atoms with Crippen LogP contribution < -0.4 is 5.32 Å². The molecule has 2 rings (SSSR count). The Morgan fingerprint density at radius 2 is 1.74 bits per heavy atom. The molecule has 19 heavy (non-hydrogen) atoms. The maximum absolute atomic E-state index is 3.74. The predicted molar refractivity (Wildman–Crippen MR) is 83.4 cm³/mol. The summed E-state index contributed by atoms with van der Waals surface area (Å²) in [5.74, 6) is 0.870. The van der Waals surface area contributed by atoms with Crippen LogP contribution >= 0.6 is 0 Å². The molecule has 2 unspecified atom stereocenters. The lowest BCUT2D eigenvalue weighted by atomic mass is 10.0. The average molecular weight is 266 g/mol. The number of nitrogens with one attached hydrogen (secondary N) is 1. The highest BCUT2D eigenvalue weighted by Gasteiger charge is 2.64. The number of hydrogen-bond donors (Lipinski definition) is 1. The van der Waals surface area contributed by atoms with Gasteiger partial charge in [-0.15, -0.1) is 0 Å². The minimum absolute atomic E-state index is 0.524. The van der Waals surface area contributed by atoms with Gasteiger partial charge in [-0.05, 0) is 29.6 Å². The molecule has 0 bridgehead atoms. The zero-order chi connectivity index (χ0) is 14.3. The summed E-state index contributed by atoms with van der Waals surface area (Å²) in [6.45, 7) is 18.2. The third-order valence-corrected chi connectivity index (χ3v) is 6.46. The number of piperazine rings is 1. The van der Waals surface area contributed by atoms with Crippen molar-refractivity contribution in [1.82, 2.24) is 10.2 Å². The van der Waals surface area contributed by atoms with Crippen LogP contribution in [0.1, 0.15) is 60.8 Å². The van der Waals surface area contributed by atoms with Gasteiger partial charge in [0.25, 0.3) is 0 Å². The van der Waals surface area contributed by atoms with Gasteiger partial charge in [0, 0.05) is 31.7 Å². The summed E-state index contributed by atoms with van der Waals surface area (Å²) >= 11 is 0. The Morgan fingerprint density at radius 1 is 1.11 bits per heavy atom. The van der Waals surface area contributed by atoms with Gasteiger partial charge in [0.15, 0.2) is 0 Å². The molecule has 2 nitrogen and oxygen atoms in total. The third kappa shape index (κ3) is 2.71. The van der Waals surface area contributed by atoms with Gasteiger partial charge in [-0.2, -0.15) is 0 Å². The molecule has 0 radical (unpaired) electrons. The molecule has 0 amide bonds. The molecule has 112 valence electrons. The topological polar surface area (TPSA) is 15.3 Å². The second-order valence-electron chi connectivity index (χ2n) is 7.91. The molecule has 2 atom stereocenters. The molecule has 2 aliphatic rings. The average Bonchev–Trinajstić information content (AvgIpc) is 2.73. The lowest BCUT2D eigenvalue weighted by Gasteiger charge is -2.40. The van der Waals surface area contributed by atoms with Crippen LogP contribution in [0.5, 0.6) is 0 Å². The highest BCUT2D eigenvalue weighted by atomic mass is 15.2. The van der Waals surface area contributed by atoms with Crippen LogP contribution in [0.2, 0.25) is 0 Å². The molecule has 2 heteroatoms. The summed E-state index contributed by atoms with van der Waals surface area (Å²) in [5.41, 5.74) is 1.05. The summed E-state index contributed by atoms with van der Waals surface area (Å²) in [4.78, 5) is 2.79. The van der Waals surface area contributed by atoms with E-state index in [1.807, 2.05) is 0 Å². The number of hydrogen-bond acceptors (Lipinski definition) is 2. The van der Waals surface area contributed by atoms with Crippen molar-refractivity contribution in [2.45, 2.75) is 72.9 Å². The van der Waals surface area contributed by atoms with E-state index in [1.165, 1.54) is 38.9 Å². The fourth-order valence-electron chi connectivity index (χ4n) is 4.12. The molecular formula is C17H34N2. The van der Waals surface area contributed by atoms with Crippen LogP contribution in [-0.2, 0) is 0 Å². The smallest absolute Gasteiger partial charge is 0.0218 e. The zero-order valence-electron chi connectivity index (χ0n) is 13.9. The van der Waals surface area contributed by atoms with E-state index in [2.05, 4.69) is 51.8 Å². The number of nitrogens with zero attached hydrogens (tertiary/aromatic N) is 1. The third-order valence-electron chi connectivity index (χ3n) is 6.46. The van der Waals surface area contributed by atoms with E-state index in [4.69, 9.17) is 0 Å². The Balaban J connectivity index is 1.96. The zero-order valence-corrected chi connectivity index (χ0v) is 13.9. The Morgan fingerprint density at radius 3 is 2.21 bits per heavy atom. The van der Waals surface area contributed by atoms with E-state index in [-0.39, 0.29) is 0 Å². The van der Waals surface area contributed by atoms with Gasteiger partial charge in [-0.3, -0.25) is 4.90 Å². The first-order chi connectivity index (χ1) is 8.84. The summed E-state index contributed by atoms with van der Waals surface area (Å²) in [6, 6.07) is 1.47. The molecule has 1 N–H and O–H groups in total. The normalized spacial score (nSPS) is 34.4. The van der Waals surface area contributed by atoms with E-state index in [9.17, 15) is 0 Å². The molecule has 0 spiro atoms. The summed E-state index contributed by atoms with van der Waals surface area (Å²) < 4.78 is 0. The lowest BCUT2D eigenvalue weighted by molar-refractivity contribution is 0.111. The second kappa shape index (κ2) is 5.37. The molecule has 0 aromatic heterocycles. The molecule has 2 fully saturated rings. The fraction of sp³-hybridized carbons (Fsp3) is 1.00. The first kappa shape index (κ1) is 15.3. The predicted octanol–water partition coefficient (Wildman–Crippen LogP) is 3.52. The van der Waals surface area contributed by atoms with Crippen molar-refractivity contribution in [3.8, 4) is 0 Å². The molecule has 1 saturated carbocycles. The van der Waals surface area contributed by atoms with Gasteiger partial charge in [0.1, 0.15) is 0 Å². The monoisotopic (exact) mass is 266 g/mol. The minimum Gasteiger partial charge on any atom is -0.311 e. The molecule has 1 saturated heterocycles. The van der Waals surface area contributed by atoms with Crippen LogP contribution in [0.15, 0.2) is 0 Å². The Hall–Kier alpha value is -0.0800. The van der Waals surface area contributed by atoms with Crippen molar-refractivity contribution in [2.24, 2.45) is 16.7 Å². The fourth-order valence-corrected chi connectivity index (χ4v) is 4.12. The molecule has 1 aliphatic carbocycles. The second-order valence-corrected chi connectivity index (χ2v) is 7.91. The van der Waals surface area contributed by atoms with Crippen molar-refractivity contribution in [3.63, 3.8) is 0 Å². The largest absolute Gasteiger partial charge is 0.311 e. The molecular weight excluding hydrogens is 232 g/mol. The van der Waals surface area contributed by atoms with Crippen molar-refractivity contribution < 1.29 is 0 Å². The van der Waals surface area contributed by atoms with Crippen molar-refractivity contribution in [3.05, 3.63) is 0 Å². The van der Waals surface area contributed by atoms with Crippen LogP contribution in [-0.4, -0.2) is 36.6 Å². The van der Waals surface area contributed by atoms with Crippen molar-refractivity contribution in [2.75, 3.05) is 19.6 Å². The quantitative estimate of drug-likeness (QED) is 0.819. The highest BCUT2D eigenvalue weighted by molar-refractivity contribution is 5.13. The maximum Gasteiger partial charge on any atom is 0.0218 e. The van der Waals surface area contributed by atoms with Gasteiger partial charge in [-0.1, -0.05) is 48.0 Å². The van der Waals surface area contributed by atoms with Gasteiger partial charge >= 0.3 is 0 Å². The Bertz CT molecular complexity index is 294. The van der Waals surface area contributed by atoms with Crippen molar-refractivity contribution in [1.29, 1.82) is 0 Å².